The number of fused-ring (bicyclic) bond motifs is 1. The number of nitrogens with zero attached hydrogens (tertiary/aromatic N) is 2. The molecule has 0 spiro atoms. The second-order valence-electron chi connectivity index (χ2n) is 7.58. The smallest absolute Gasteiger partial charge is 0.416 e. The number of aromatic nitrogens is 2. The molecule has 0 atom stereocenters. The Balaban J connectivity index is 1.51. The number of rotatable bonds is 7. The number of thiazole rings is 1. The predicted octanol–water partition coefficient (Wildman–Crippen LogP) is 6.32. The van der Waals surface area contributed by atoms with E-state index in [-0.39, 0.29) is 13.2 Å². The average molecular weight is 475 g/mol. The first-order chi connectivity index (χ1) is 15.7. The highest BCUT2D eigenvalue weighted by molar-refractivity contribution is 7.15. The second kappa shape index (κ2) is 8.90. The zero-order valence-corrected chi connectivity index (χ0v) is 18.8. The van der Waals surface area contributed by atoms with Crippen LogP contribution in [0.4, 0.5) is 13.2 Å². The monoisotopic (exact) mass is 474 g/mol. The lowest BCUT2D eigenvalue weighted by molar-refractivity contribution is -0.138. The molecule has 9 heteroatoms. The van der Waals surface area contributed by atoms with Crippen LogP contribution >= 0.6 is 11.3 Å². The van der Waals surface area contributed by atoms with E-state index in [0.29, 0.717) is 22.7 Å². The van der Waals surface area contributed by atoms with Gasteiger partial charge in [-0.1, -0.05) is 19.1 Å². The Labute approximate surface area is 192 Å². The van der Waals surface area contributed by atoms with Gasteiger partial charge in [-0.05, 0) is 49.7 Å². The minimum atomic E-state index is -4.37. The summed E-state index contributed by atoms with van der Waals surface area (Å²) in [6, 6.07) is 12.4. The molecule has 0 aliphatic rings. The lowest BCUT2D eigenvalue weighted by Gasteiger charge is -2.08. The molecular formula is C24H21F3N2O3S. The summed E-state index contributed by atoms with van der Waals surface area (Å²) >= 11 is 1.38. The number of halogens is 3. The molecule has 1 N–H and O–H groups in total. The van der Waals surface area contributed by atoms with Crippen molar-refractivity contribution in [3.63, 3.8) is 0 Å². The van der Waals surface area contributed by atoms with Gasteiger partial charge in [0.15, 0.2) is 0 Å². The van der Waals surface area contributed by atoms with Gasteiger partial charge in [-0.15, -0.1) is 11.3 Å². The fraction of sp³-hybridized carbons (Fsp3) is 0.250. The number of hydrogen-bond donors (Lipinski definition) is 1. The van der Waals surface area contributed by atoms with Crippen molar-refractivity contribution in [2.45, 2.75) is 39.6 Å². The van der Waals surface area contributed by atoms with E-state index < -0.39 is 17.7 Å². The van der Waals surface area contributed by atoms with E-state index in [2.05, 4.69) is 4.98 Å². The maximum atomic E-state index is 12.8. The number of hydrogen-bond acceptors (Lipinski definition) is 4. The number of carboxylic acids is 1. The van der Waals surface area contributed by atoms with Crippen molar-refractivity contribution >= 4 is 28.2 Å². The molecule has 172 valence electrons. The van der Waals surface area contributed by atoms with Crippen molar-refractivity contribution in [1.82, 2.24) is 9.55 Å². The van der Waals surface area contributed by atoms with Crippen LogP contribution in [0.25, 0.3) is 21.5 Å². The normalized spacial score (nSPS) is 11.8. The van der Waals surface area contributed by atoms with Gasteiger partial charge in [-0.25, -0.2) is 4.98 Å². The molecule has 2 heterocycles. The van der Waals surface area contributed by atoms with Gasteiger partial charge in [0.2, 0.25) is 0 Å². The highest BCUT2D eigenvalue weighted by Gasteiger charge is 2.30. The lowest BCUT2D eigenvalue weighted by Crippen LogP contribution is -2.10. The van der Waals surface area contributed by atoms with E-state index >= 15 is 0 Å². The summed E-state index contributed by atoms with van der Waals surface area (Å²) in [5.41, 5.74) is 2.46. The minimum absolute atomic E-state index is 0.0976. The number of ether oxygens (including phenoxy) is 1. The van der Waals surface area contributed by atoms with Crippen molar-refractivity contribution in [1.29, 1.82) is 0 Å². The molecule has 5 nitrogen and oxygen atoms in total. The summed E-state index contributed by atoms with van der Waals surface area (Å²) in [7, 11) is 0. The van der Waals surface area contributed by atoms with Crippen molar-refractivity contribution in [2.75, 3.05) is 0 Å². The molecule has 0 fully saturated rings. The largest absolute Gasteiger partial charge is 0.488 e. The lowest BCUT2D eigenvalue weighted by atomic mass is 10.1. The summed E-state index contributed by atoms with van der Waals surface area (Å²) in [4.78, 5) is 16.6. The molecule has 0 aliphatic carbocycles. The SMILES string of the molecule is CCc1cc2cc(OCc3sc(-c4ccc(C(F)(F)F)cc4)nc3C)ccc2n1CC(=O)O. The minimum Gasteiger partial charge on any atom is -0.488 e. The first kappa shape index (κ1) is 22.8. The van der Waals surface area contributed by atoms with Crippen molar-refractivity contribution in [3.05, 3.63) is 70.4 Å². The molecule has 0 amide bonds. The van der Waals surface area contributed by atoms with Crippen LogP contribution in [0.2, 0.25) is 0 Å². The highest BCUT2D eigenvalue weighted by Crippen LogP contribution is 2.33. The Morgan fingerprint density at radius 2 is 1.88 bits per heavy atom. The van der Waals surface area contributed by atoms with Gasteiger partial charge in [0.05, 0.1) is 16.1 Å². The number of benzene rings is 2. The molecule has 4 aromatic rings. The van der Waals surface area contributed by atoms with Crippen molar-refractivity contribution in [3.8, 4) is 16.3 Å². The molecular weight excluding hydrogens is 453 g/mol. The Morgan fingerprint density at radius 3 is 2.52 bits per heavy atom. The van der Waals surface area contributed by atoms with E-state index in [1.54, 1.807) is 10.6 Å². The topological polar surface area (TPSA) is 64.4 Å². The molecule has 4 rings (SSSR count). The average Bonchev–Trinajstić information content (AvgIpc) is 3.31. The van der Waals surface area contributed by atoms with Crippen LogP contribution in [0.1, 0.15) is 28.8 Å². The Morgan fingerprint density at radius 1 is 1.15 bits per heavy atom. The van der Waals surface area contributed by atoms with Gasteiger partial charge >= 0.3 is 12.1 Å². The third-order valence-electron chi connectivity index (χ3n) is 5.34. The summed E-state index contributed by atoms with van der Waals surface area (Å²) in [6.07, 6.45) is -3.66. The number of carboxylic acid groups (broad SMARTS) is 1. The summed E-state index contributed by atoms with van der Waals surface area (Å²) < 4.78 is 46.1. The van der Waals surface area contributed by atoms with E-state index in [1.165, 1.54) is 23.5 Å². The molecule has 0 saturated heterocycles. The molecule has 0 radical (unpaired) electrons. The maximum absolute atomic E-state index is 12.8. The zero-order valence-electron chi connectivity index (χ0n) is 17.9. The summed E-state index contributed by atoms with van der Waals surface area (Å²) in [6.45, 7) is 3.99. The van der Waals surface area contributed by atoms with Gasteiger partial charge in [0.25, 0.3) is 0 Å². The second-order valence-corrected chi connectivity index (χ2v) is 8.66. The van der Waals surface area contributed by atoms with Crippen LogP contribution in [0, 0.1) is 6.92 Å². The predicted molar refractivity (Wildman–Crippen MR) is 121 cm³/mol. The Hall–Kier alpha value is -3.33. The quantitative estimate of drug-likeness (QED) is 0.341. The highest BCUT2D eigenvalue weighted by atomic mass is 32.1. The molecule has 0 unspecified atom stereocenters. The first-order valence-electron chi connectivity index (χ1n) is 10.3. The Kier molecular flexibility index (Phi) is 6.16. The fourth-order valence-electron chi connectivity index (χ4n) is 3.65. The van der Waals surface area contributed by atoms with Gasteiger partial charge in [0.1, 0.15) is 23.9 Å². The number of aliphatic carboxylic acids is 1. The van der Waals surface area contributed by atoms with Gasteiger partial charge in [-0.2, -0.15) is 13.2 Å². The van der Waals surface area contributed by atoms with Gasteiger partial charge in [0, 0.05) is 22.2 Å². The van der Waals surface area contributed by atoms with Crippen molar-refractivity contribution < 1.29 is 27.8 Å². The van der Waals surface area contributed by atoms with Gasteiger partial charge < -0.3 is 14.4 Å². The van der Waals surface area contributed by atoms with Crippen LogP contribution in [-0.4, -0.2) is 20.6 Å². The van der Waals surface area contributed by atoms with E-state index in [0.717, 1.165) is 39.3 Å². The van der Waals surface area contributed by atoms with Crippen LogP contribution in [-0.2, 0) is 30.5 Å². The third-order valence-corrected chi connectivity index (χ3v) is 6.52. The van der Waals surface area contributed by atoms with Crippen LogP contribution in [0.5, 0.6) is 5.75 Å². The number of aryl methyl sites for hydroxylation is 2. The molecule has 2 aromatic heterocycles. The fourth-order valence-corrected chi connectivity index (χ4v) is 4.63. The van der Waals surface area contributed by atoms with E-state index in [1.807, 2.05) is 32.0 Å². The van der Waals surface area contributed by atoms with Crippen molar-refractivity contribution in [2.24, 2.45) is 0 Å². The van der Waals surface area contributed by atoms with Gasteiger partial charge in [-0.3, -0.25) is 4.79 Å². The summed E-state index contributed by atoms with van der Waals surface area (Å²) in [5, 5.41) is 10.7. The number of carbonyl (C=O) groups is 1. The first-order valence-corrected chi connectivity index (χ1v) is 11.1. The van der Waals surface area contributed by atoms with E-state index in [4.69, 9.17) is 4.74 Å². The molecule has 2 aromatic carbocycles. The van der Waals surface area contributed by atoms with Crippen LogP contribution < -0.4 is 4.74 Å². The zero-order chi connectivity index (χ0) is 23.8. The van der Waals surface area contributed by atoms with Crippen LogP contribution in [0.15, 0.2) is 48.5 Å². The molecule has 33 heavy (non-hydrogen) atoms. The summed E-state index contributed by atoms with van der Waals surface area (Å²) in [5.74, 6) is -0.256. The van der Waals surface area contributed by atoms with E-state index in [9.17, 15) is 23.1 Å². The van der Waals surface area contributed by atoms with Crippen LogP contribution in [0.3, 0.4) is 0 Å². The molecule has 0 aliphatic heterocycles. The third kappa shape index (κ3) is 4.88. The number of alkyl halides is 3. The Bertz CT molecular complexity index is 1310. The molecule has 0 saturated carbocycles. The standard InChI is InChI=1S/C24H21F3N2O3S/c1-3-18-10-16-11-19(8-9-20(16)29(18)12-22(30)31)32-13-21-14(2)28-23(33-21)15-4-6-17(7-5-15)24(25,26)27/h4-11H,3,12-13H2,1-2H3,(H,30,31). The molecule has 0 bridgehead atoms. The maximum Gasteiger partial charge on any atom is 0.416 e.